The second-order valence-electron chi connectivity index (χ2n) is 3.64. The monoisotopic (exact) mass is 205 g/mol. The summed E-state index contributed by atoms with van der Waals surface area (Å²) in [5, 5.41) is 3.21. The van der Waals surface area contributed by atoms with Gasteiger partial charge < -0.3 is 10.1 Å². The fourth-order valence-corrected chi connectivity index (χ4v) is 1.38. The topological polar surface area (TPSA) is 21.3 Å². The van der Waals surface area contributed by atoms with E-state index in [2.05, 4.69) is 31.3 Å². The molecule has 0 amide bonds. The Labute approximate surface area is 92.0 Å². The van der Waals surface area contributed by atoms with Crippen LogP contribution in [0.2, 0.25) is 0 Å². The molecule has 82 valence electrons. The van der Waals surface area contributed by atoms with Crippen LogP contribution in [0.1, 0.15) is 19.4 Å². The van der Waals surface area contributed by atoms with Gasteiger partial charge in [0.05, 0.1) is 7.11 Å². The van der Waals surface area contributed by atoms with Gasteiger partial charge in [-0.15, -0.1) is 0 Å². The zero-order valence-electron chi connectivity index (χ0n) is 9.87. The molecule has 0 saturated carbocycles. The number of benzene rings is 1. The molecule has 1 rings (SSSR count). The molecule has 0 aliphatic rings. The lowest BCUT2D eigenvalue weighted by Crippen LogP contribution is -2.21. The number of ether oxygens (including phenoxy) is 1. The second-order valence-corrected chi connectivity index (χ2v) is 3.64. The predicted molar refractivity (Wildman–Crippen MR) is 65.2 cm³/mol. The molecule has 0 aliphatic heterocycles. The number of rotatable bonds is 4. The molecular weight excluding hydrogens is 186 g/mol. The van der Waals surface area contributed by atoms with Gasteiger partial charge >= 0.3 is 0 Å². The van der Waals surface area contributed by atoms with Crippen LogP contribution in [0.5, 0.6) is 5.75 Å². The van der Waals surface area contributed by atoms with Crippen molar-refractivity contribution in [3.8, 4) is 5.75 Å². The summed E-state index contributed by atoms with van der Waals surface area (Å²) in [6.45, 7) is 4.26. The van der Waals surface area contributed by atoms with Crippen LogP contribution in [0, 0.1) is 0 Å². The van der Waals surface area contributed by atoms with Gasteiger partial charge in [-0.1, -0.05) is 29.8 Å². The highest BCUT2D eigenvalue weighted by Gasteiger charge is 2.03. The molecule has 0 aromatic heterocycles. The van der Waals surface area contributed by atoms with E-state index in [0.29, 0.717) is 6.04 Å². The minimum atomic E-state index is 0.384. The van der Waals surface area contributed by atoms with Crippen molar-refractivity contribution in [3.63, 3.8) is 0 Å². The van der Waals surface area contributed by atoms with Gasteiger partial charge in [0, 0.05) is 11.6 Å². The molecule has 1 N–H and O–H groups in total. The molecule has 1 aromatic carbocycles. The molecule has 1 atom stereocenters. The largest absolute Gasteiger partial charge is 0.496 e. The third-order valence-corrected chi connectivity index (χ3v) is 2.64. The minimum Gasteiger partial charge on any atom is -0.496 e. The molecule has 0 radical (unpaired) electrons. The molecular formula is C13H19NO. The number of likely N-dealkylation sites (N-methyl/N-ethyl adjacent to an activating group) is 1. The lowest BCUT2D eigenvalue weighted by Gasteiger charge is -2.11. The van der Waals surface area contributed by atoms with Crippen LogP contribution in [0.25, 0.3) is 6.08 Å². The Bertz CT molecular complexity index is 344. The number of methoxy groups -OCH3 is 1. The third-order valence-electron chi connectivity index (χ3n) is 2.64. The van der Waals surface area contributed by atoms with Gasteiger partial charge in [-0.25, -0.2) is 0 Å². The SMILES string of the molecule is CNC(C)/C(C)=C/c1ccccc1OC. The summed E-state index contributed by atoms with van der Waals surface area (Å²) < 4.78 is 5.29. The van der Waals surface area contributed by atoms with Crippen LogP contribution < -0.4 is 10.1 Å². The highest BCUT2D eigenvalue weighted by molar-refractivity contribution is 5.60. The van der Waals surface area contributed by atoms with E-state index in [1.54, 1.807) is 7.11 Å². The maximum atomic E-state index is 5.29. The molecule has 1 unspecified atom stereocenters. The fraction of sp³-hybridized carbons (Fsp3) is 0.385. The van der Waals surface area contributed by atoms with E-state index in [1.165, 1.54) is 5.57 Å². The van der Waals surface area contributed by atoms with E-state index in [1.807, 2.05) is 25.2 Å². The van der Waals surface area contributed by atoms with Gasteiger partial charge in [0.1, 0.15) is 5.75 Å². The molecule has 0 heterocycles. The first-order valence-electron chi connectivity index (χ1n) is 5.17. The van der Waals surface area contributed by atoms with E-state index in [9.17, 15) is 0 Å². The van der Waals surface area contributed by atoms with Gasteiger partial charge in [0.15, 0.2) is 0 Å². The van der Waals surface area contributed by atoms with Crippen LogP contribution >= 0.6 is 0 Å². The Hall–Kier alpha value is -1.28. The number of hydrogen-bond acceptors (Lipinski definition) is 2. The van der Waals surface area contributed by atoms with E-state index in [0.717, 1.165) is 11.3 Å². The molecule has 15 heavy (non-hydrogen) atoms. The number of hydrogen-bond donors (Lipinski definition) is 1. The fourth-order valence-electron chi connectivity index (χ4n) is 1.38. The summed E-state index contributed by atoms with van der Waals surface area (Å²) in [4.78, 5) is 0. The summed E-state index contributed by atoms with van der Waals surface area (Å²) in [6, 6.07) is 8.42. The van der Waals surface area contributed by atoms with Crippen LogP contribution in [-0.4, -0.2) is 20.2 Å². The van der Waals surface area contributed by atoms with Crippen molar-refractivity contribution in [2.75, 3.05) is 14.2 Å². The van der Waals surface area contributed by atoms with E-state index in [4.69, 9.17) is 4.74 Å². The predicted octanol–water partition coefficient (Wildman–Crippen LogP) is 2.71. The van der Waals surface area contributed by atoms with Crippen molar-refractivity contribution in [2.45, 2.75) is 19.9 Å². The lowest BCUT2D eigenvalue weighted by atomic mass is 10.1. The Balaban J connectivity index is 2.96. The molecule has 0 spiro atoms. The van der Waals surface area contributed by atoms with Gasteiger partial charge in [-0.2, -0.15) is 0 Å². The molecule has 1 aromatic rings. The highest BCUT2D eigenvalue weighted by Crippen LogP contribution is 2.20. The van der Waals surface area contributed by atoms with Crippen molar-refractivity contribution < 1.29 is 4.74 Å². The summed E-state index contributed by atoms with van der Waals surface area (Å²) in [6.07, 6.45) is 2.15. The zero-order valence-corrected chi connectivity index (χ0v) is 9.87. The maximum absolute atomic E-state index is 5.29. The van der Waals surface area contributed by atoms with E-state index < -0.39 is 0 Å². The second kappa shape index (κ2) is 5.56. The summed E-state index contributed by atoms with van der Waals surface area (Å²) in [7, 11) is 3.66. The first kappa shape index (κ1) is 11.8. The maximum Gasteiger partial charge on any atom is 0.126 e. The van der Waals surface area contributed by atoms with Crippen LogP contribution in [0.4, 0.5) is 0 Å². The smallest absolute Gasteiger partial charge is 0.126 e. The van der Waals surface area contributed by atoms with Crippen molar-refractivity contribution in [3.05, 3.63) is 35.4 Å². The average Bonchev–Trinajstić information content (AvgIpc) is 2.28. The van der Waals surface area contributed by atoms with E-state index in [-0.39, 0.29) is 0 Å². The molecule has 0 aliphatic carbocycles. The van der Waals surface area contributed by atoms with Gasteiger partial charge in [0.25, 0.3) is 0 Å². The lowest BCUT2D eigenvalue weighted by molar-refractivity contribution is 0.414. The first-order chi connectivity index (χ1) is 7.19. The number of para-hydroxylation sites is 1. The van der Waals surface area contributed by atoms with Crippen LogP contribution in [-0.2, 0) is 0 Å². The Morgan fingerprint density at radius 1 is 1.40 bits per heavy atom. The average molecular weight is 205 g/mol. The van der Waals surface area contributed by atoms with Gasteiger partial charge in [-0.05, 0) is 27.0 Å². The first-order valence-corrected chi connectivity index (χ1v) is 5.17. The molecule has 0 bridgehead atoms. The Morgan fingerprint density at radius 2 is 2.07 bits per heavy atom. The highest BCUT2D eigenvalue weighted by atomic mass is 16.5. The quantitative estimate of drug-likeness (QED) is 0.816. The van der Waals surface area contributed by atoms with Crippen molar-refractivity contribution >= 4 is 6.08 Å². The Morgan fingerprint density at radius 3 is 2.67 bits per heavy atom. The van der Waals surface area contributed by atoms with Crippen LogP contribution in [0.15, 0.2) is 29.8 Å². The summed E-state index contributed by atoms with van der Waals surface area (Å²) >= 11 is 0. The summed E-state index contributed by atoms with van der Waals surface area (Å²) in [5.74, 6) is 0.917. The van der Waals surface area contributed by atoms with Crippen molar-refractivity contribution in [1.82, 2.24) is 5.32 Å². The van der Waals surface area contributed by atoms with Gasteiger partial charge in [-0.3, -0.25) is 0 Å². The van der Waals surface area contributed by atoms with Crippen LogP contribution in [0.3, 0.4) is 0 Å². The molecule has 0 saturated heterocycles. The third kappa shape index (κ3) is 3.10. The Kier molecular flexibility index (Phi) is 4.37. The normalized spacial score (nSPS) is 13.7. The molecule has 2 nitrogen and oxygen atoms in total. The zero-order chi connectivity index (χ0) is 11.3. The number of nitrogens with one attached hydrogen (secondary N) is 1. The molecule has 0 fully saturated rings. The van der Waals surface area contributed by atoms with Gasteiger partial charge in [0.2, 0.25) is 0 Å². The molecule has 2 heteroatoms. The van der Waals surface area contributed by atoms with E-state index >= 15 is 0 Å². The van der Waals surface area contributed by atoms with Crippen molar-refractivity contribution in [2.24, 2.45) is 0 Å². The van der Waals surface area contributed by atoms with Crippen molar-refractivity contribution in [1.29, 1.82) is 0 Å². The summed E-state index contributed by atoms with van der Waals surface area (Å²) in [5.41, 5.74) is 2.42. The minimum absolute atomic E-state index is 0.384. The standard InChI is InChI=1S/C13H19NO/c1-10(11(2)14-3)9-12-7-5-6-8-13(12)15-4/h5-9,11,14H,1-4H3/b10-9+.